The summed E-state index contributed by atoms with van der Waals surface area (Å²) in [5.41, 5.74) is 1.35. The number of hydrogen-bond acceptors (Lipinski definition) is 4. The Labute approximate surface area is 137 Å². The number of hydrogen-bond donors (Lipinski definition) is 2. The van der Waals surface area contributed by atoms with Crippen molar-refractivity contribution in [3.05, 3.63) is 74.8 Å². The number of carbonyl (C=O) groups excluding carboxylic acids is 1. The third-order valence-electron chi connectivity index (χ3n) is 3.27. The van der Waals surface area contributed by atoms with E-state index < -0.39 is 11.0 Å². The summed E-state index contributed by atoms with van der Waals surface area (Å²) in [4.78, 5) is 21.9. The summed E-state index contributed by atoms with van der Waals surface area (Å²) in [6, 6.07) is 12.5. The molecule has 6 nitrogen and oxygen atoms in total. The zero-order chi connectivity index (χ0) is 16.8. The Morgan fingerprint density at radius 1 is 1.17 bits per heavy atom. The largest absolute Gasteiger partial charge is 0.388 e. The quantitative estimate of drug-likeness (QED) is 0.627. The molecule has 0 saturated heterocycles. The van der Waals surface area contributed by atoms with Crippen molar-refractivity contribution in [2.75, 3.05) is 0 Å². The molecule has 0 aliphatic rings. The number of amides is 1. The topological polar surface area (TPSA) is 92.5 Å². The second-order valence-corrected chi connectivity index (χ2v) is 5.41. The van der Waals surface area contributed by atoms with Crippen molar-refractivity contribution in [2.45, 2.75) is 19.1 Å². The average molecular weight is 335 g/mol. The summed E-state index contributed by atoms with van der Waals surface area (Å²) < 4.78 is 0. The molecule has 0 heterocycles. The minimum atomic E-state index is -0.913. The van der Waals surface area contributed by atoms with Crippen LogP contribution in [-0.2, 0) is 11.3 Å². The van der Waals surface area contributed by atoms with Crippen LogP contribution in [-0.4, -0.2) is 15.9 Å². The van der Waals surface area contributed by atoms with Gasteiger partial charge in [0.1, 0.15) is 0 Å². The summed E-state index contributed by atoms with van der Waals surface area (Å²) in [7, 11) is 0. The van der Waals surface area contributed by atoms with E-state index in [1.54, 1.807) is 36.4 Å². The van der Waals surface area contributed by atoms with Crippen LogP contribution < -0.4 is 5.32 Å². The van der Waals surface area contributed by atoms with Crippen LogP contribution in [0.4, 0.5) is 5.69 Å². The van der Waals surface area contributed by atoms with Crippen molar-refractivity contribution in [2.24, 2.45) is 0 Å². The molecule has 1 atom stereocenters. The number of halogens is 1. The summed E-state index contributed by atoms with van der Waals surface area (Å²) >= 11 is 5.77. The Morgan fingerprint density at radius 2 is 1.78 bits per heavy atom. The highest BCUT2D eigenvalue weighted by atomic mass is 35.5. The number of nitro benzene ring substituents is 1. The van der Waals surface area contributed by atoms with Gasteiger partial charge in [-0.05, 0) is 23.3 Å². The molecular weight excluding hydrogens is 320 g/mol. The molecule has 2 aromatic carbocycles. The minimum Gasteiger partial charge on any atom is -0.388 e. The number of nitrogens with zero attached hydrogens (tertiary/aromatic N) is 1. The number of nitro groups is 1. The first kappa shape index (κ1) is 16.9. The Bertz CT molecular complexity index is 686. The zero-order valence-electron chi connectivity index (χ0n) is 12.1. The van der Waals surface area contributed by atoms with E-state index in [4.69, 9.17) is 11.6 Å². The molecule has 2 rings (SSSR count). The monoisotopic (exact) mass is 334 g/mol. The predicted molar refractivity (Wildman–Crippen MR) is 86.0 cm³/mol. The van der Waals surface area contributed by atoms with Crippen LogP contribution in [0.2, 0.25) is 5.02 Å². The first-order chi connectivity index (χ1) is 11.0. The van der Waals surface area contributed by atoms with Gasteiger partial charge in [0.25, 0.3) is 5.69 Å². The Morgan fingerprint density at radius 3 is 2.35 bits per heavy atom. The number of carbonyl (C=O) groups is 1. The molecule has 0 saturated carbocycles. The predicted octanol–water partition coefficient (Wildman–Crippen LogP) is 2.99. The maximum Gasteiger partial charge on any atom is 0.269 e. The first-order valence-corrected chi connectivity index (χ1v) is 7.27. The van der Waals surface area contributed by atoms with E-state index in [9.17, 15) is 20.0 Å². The molecule has 120 valence electrons. The van der Waals surface area contributed by atoms with Crippen molar-refractivity contribution in [3.8, 4) is 0 Å². The smallest absolute Gasteiger partial charge is 0.269 e. The van der Waals surface area contributed by atoms with Crippen LogP contribution in [0.5, 0.6) is 0 Å². The number of non-ortho nitro benzene ring substituents is 1. The molecule has 0 aromatic heterocycles. The standard InChI is InChI=1S/C16H15ClN2O4/c17-13-5-3-12(4-6-13)15(20)9-16(21)18-10-11-1-7-14(8-2-11)19(22)23/h1-8,15,20H,9-10H2,(H,18,21). The lowest BCUT2D eigenvalue weighted by atomic mass is 10.1. The van der Waals surface area contributed by atoms with Gasteiger partial charge in [-0.1, -0.05) is 35.9 Å². The van der Waals surface area contributed by atoms with Crippen LogP contribution >= 0.6 is 11.6 Å². The molecule has 0 spiro atoms. The van der Waals surface area contributed by atoms with E-state index in [0.717, 1.165) is 5.56 Å². The normalized spacial score (nSPS) is 11.7. The highest BCUT2D eigenvalue weighted by molar-refractivity contribution is 6.30. The molecule has 0 bridgehead atoms. The summed E-state index contributed by atoms with van der Waals surface area (Å²) in [5.74, 6) is -0.314. The molecule has 7 heteroatoms. The third kappa shape index (κ3) is 5.05. The number of nitrogens with one attached hydrogen (secondary N) is 1. The van der Waals surface area contributed by atoms with Crippen molar-refractivity contribution in [1.82, 2.24) is 5.32 Å². The SMILES string of the molecule is O=C(CC(O)c1ccc(Cl)cc1)NCc1ccc([N+](=O)[O-])cc1. The van der Waals surface area contributed by atoms with E-state index in [1.807, 2.05) is 0 Å². The molecule has 23 heavy (non-hydrogen) atoms. The Hall–Kier alpha value is -2.44. The molecule has 0 aliphatic carbocycles. The number of aliphatic hydroxyl groups is 1. The molecule has 1 unspecified atom stereocenters. The van der Waals surface area contributed by atoms with Gasteiger partial charge in [-0.3, -0.25) is 14.9 Å². The summed E-state index contributed by atoms with van der Waals surface area (Å²) in [6.07, 6.45) is -0.988. The van der Waals surface area contributed by atoms with Crippen LogP contribution in [0.1, 0.15) is 23.7 Å². The number of aliphatic hydroxyl groups excluding tert-OH is 1. The maximum absolute atomic E-state index is 11.8. The summed E-state index contributed by atoms with van der Waals surface area (Å²) in [5, 5.41) is 23.8. The highest BCUT2D eigenvalue weighted by Crippen LogP contribution is 2.19. The number of benzene rings is 2. The third-order valence-corrected chi connectivity index (χ3v) is 3.52. The van der Waals surface area contributed by atoms with Crippen LogP contribution in [0.3, 0.4) is 0 Å². The van der Waals surface area contributed by atoms with Gasteiger partial charge in [-0.2, -0.15) is 0 Å². The summed E-state index contributed by atoms with van der Waals surface area (Å²) in [6.45, 7) is 0.240. The van der Waals surface area contributed by atoms with Gasteiger partial charge in [0, 0.05) is 23.7 Å². The van der Waals surface area contributed by atoms with Gasteiger partial charge in [0.15, 0.2) is 0 Å². The second-order valence-electron chi connectivity index (χ2n) is 4.97. The lowest BCUT2D eigenvalue weighted by Crippen LogP contribution is -2.24. The van der Waals surface area contributed by atoms with Gasteiger partial charge in [-0.15, -0.1) is 0 Å². The molecule has 2 N–H and O–H groups in total. The molecule has 0 fully saturated rings. The van der Waals surface area contributed by atoms with E-state index in [2.05, 4.69) is 5.32 Å². The molecule has 1 amide bonds. The van der Waals surface area contributed by atoms with E-state index in [1.165, 1.54) is 12.1 Å². The fourth-order valence-corrected chi connectivity index (χ4v) is 2.11. The van der Waals surface area contributed by atoms with Crippen molar-refractivity contribution >= 4 is 23.2 Å². The Balaban J connectivity index is 1.84. The van der Waals surface area contributed by atoms with Crippen molar-refractivity contribution in [3.63, 3.8) is 0 Å². The fraction of sp³-hybridized carbons (Fsp3) is 0.188. The Kier molecular flexibility index (Phi) is 5.67. The van der Waals surface area contributed by atoms with E-state index >= 15 is 0 Å². The second kappa shape index (κ2) is 7.71. The van der Waals surface area contributed by atoms with Gasteiger partial charge in [0.05, 0.1) is 17.4 Å². The van der Waals surface area contributed by atoms with E-state index in [0.29, 0.717) is 10.6 Å². The average Bonchev–Trinajstić information content (AvgIpc) is 2.54. The highest BCUT2D eigenvalue weighted by Gasteiger charge is 2.13. The van der Waals surface area contributed by atoms with Gasteiger partial charge in [-0.25, -0.2) is 0 Å². The molecule has 2 aromatic rings. The fourth-order valence-electron chi connectivity index (χ4n) is 1.99. The van der Waals surface area contributed by atoms with Gasteiger partial charge >= 0.3 is 0 Å². The van der Waals surface area contributed by atoms with Gasteiger partial charge < -0.3 is 10.4 Å². The van der Waals surface area contributed by atoms with E-state index in [-0.39, 0.29) is 24.6 Å². The maximum atomic E-state index is 11.8. The van der Waals surface area contributed by atoms with Crippen molar-refractivity contribution in [1.29, 1.82) is 0 Å². The van der Waals surface area contributed by atoms with Gasteiger partial charge in [0.2, 0.25) is 5.91 Å². The molecular formula is C16H15ClN2O4. The number of rotatable bonds is 6. The van der Waals surface area contributed by atoms with Crippen LogP contribution in [0.25, 0.3) is 0 Å². The molecule has 0 aliphatic heterocycles. The van der Waals surface area contributed by atoms with Crippen LogP contribution in [0, 0.1) is 10.1 Å². The zero-order valence-corrected chi connectivity index (χ0v) is 12.9. The minimum absolute atomic E-state index is 0.00163. The first-order valence-electron chi connectivity index (χ1n) is 6.89. The van der Waals surface area contributed by atoms with Crippen molar-refractivity contribution < 1.29 is 14.8 Å². The van der Waals surface area contributed by atoms with Crippen LogP contribution in [0.15, 0.2) is 48.5 Å². The lowest BCUT2D eigenvalue weighted by molar-refractivity contribution is -0.384. The lowest BCUT2D eigenvalue weighted by Gasteiger charge is -2.11. The molecule has 0 radical (unpaired) electrons.